The zero-order valence-corrected chi connectivity index (χ0v) is 19.3. The van der Waals surface area contributed by atoms with Crippen LogP contribution in [-0.4, -0.2) is 34.3 Å². The smallest absolute Gasteiger partial charge is 0.182 e. The first-order valence-electron chi connectivity index (χ1n) is 10.3. The van der Waals surface area contributed by atoms with Gasteiger partial charge in [0.2, 0.25) is 0 Å². The van der Waals surface area contributed by atoms with E-state index in [1.807, 2.05) is 20.9 Å². The summed E-state index contributed by atoms with van der Waals surface area (Å²) in [7, 11) is 1.86. The van der Waals surface area contributed by atoms with Crippen LogP contribution < -0.4 is 5.73 Å². The highest BCUT2D eigenvalue weighted by Crippen LogP contribution is 2.32. The normalized spacial score (nSPS) is 11.5. The lowest BCUT2D eigenvalue weighted by atomic mass is 10.1. The second kappa shape index (κ2) is 8.14. The number of hydrogen-bond acceptors (Lipinski definition) is 6. The minimum atomic E-state index is -0.709. The maximum Gasteiger partial charge on any atom is 0.182 e. The zero-order valence-electron chi connectivity index (χ0n) is 18.5. The molecule has 0 aliphatic heterocycles. The van der Waals surface area contributed by atoms with E-state index < -0.39 is 11.6 Å². The van der Waals surface area contributed by atoms with Crippen molar-refractivity contribution in [3.05, 3.63) is 76.1 Å². The lowest BCUT2D eigenvalue weighted by molar-refractivity contribution is 0.587. The molecule has 0 saturated carbocycles. The Morgan fingerprint density at radius 1 is 1.09 bits per heavy atom. The van der Waals surface area contributed by atoms with Gasteiger partial charge < -0.3 is 5.73 Å². The lowest BCUT2D eigenvalue weighted by Gasteiger charge is -2.07. The number of imidazole rings is 1. The Bertz CT molecular complexity index is 1570. The molecule has 0 bridgehead atoms. The molecule has 34 heavy (non-hydrogen) atoms. The van der Waals surface area contributed by atoms with E-state index >= 15 is 0 Å². The fraction of sp³-hybridized carbons (Fsp3) is 0.174. The topological polar surface area (TPSA) is 99.8 Å². The minimum absolute atomic E-state index is 0.0101. The van der Waals surface area contributed by atoms with Gasteiger partial charge in [0.15, 0.2) is 5.82 Å². The summed E-state index contributed by atoms with van der Waals surface area (Å²) in [6.45, 7) is 3.84. The predicted molar refractivity (Wildman–Crippen MR) is 124 cm³/mol. The van der Waals surface area contributed by atoms with Gasteiger partial charge in [-0.15, -0.1) is 0 Å². The number of fused-ring (bicyclic) bond motifs is 1. The molecule has 5 rings (SSSR count). The van der Waals surface area contributed by atoms with Crippen LogP contribution in [0.5, 0.6) is 0 Å². The van der Waals surface area contributed by atoms with Crippen molar-refractivity contribution in [3.8, 4) is 22.6 Å². The molecular weight excluding hydrogens is 462 g/mol. The second-order valence-electron chi connectivity index (χ2n) is 7.86. The molecule has 4 aromatic heterocycles. The number of aromatic nitrogens is 7. The van der Waals surface area contributed by atoms with E-state index in [0.29, 0.717) is 22.6 Å². The Balaban J connectivity index is 1.62. The number of aryl methyl sites for hydroxylation is 2. The van der Waals surface area contributed by atoms with Gasteiger partial charge in [-0.1, -0.05) is 11.6 Å². The summed E-state index contributed by atoms with van der Waals surface area (Å²) in [5.41, 5.74) is 10.6. The van der Waals surface area contributed by atoms with Gasteiger partial charge in [0, 0.05) is 48.2 Å². The van der Waals surface area contributed by atoms with Crippen LogP contribution >= 0.6 is 11.6 Å². The highest BCUT2D eigenvalue weighted by atomic mass is 35.5. The number of nitrogens with zero attached hydrogens (tertiary/aromatic N) is 7. The molecule has 11 heteroatoms. The number of nitrogens with two attached hydrogens (primary N) is 1. The Labute approximate surface area is 198 Å². The fourth-order valence-electron chi connectivity index (χ4n) is 4.02. The molecule has 0 aliphatic carbocycles. The molecule has 5 aromatic rings. The van der Waals surface area contributed by atoms with E-state index in [0.717, 1.165) is 29.1 Å². The average molecular weight is 481 g/mol. The number of anilines is 1. The van der Waals surface area contributed by atoms with Crippen molar-refractivity contribution in [2.45, 2.75) is 20.3 Å². The van der Waals surface area contributed by atoms with Gasteiger partial charge in [-0.2, -0.15) is 10.2 Å². The molecule has 172 valence electrons. The minimum Gasteiger partial charge on any atom is -0.383 e. The largest absolute Gasteiger partial charge is 0.383 e. The monoisotopic (exact) mass is 480 g/mol. The molecule has 0 atom stereocenters. The van der Waals surface area contributed by atoms with Crippen molar-refractivity contribution in [2.24, 2.45) is 7.05 Å². The maximum absolute atomic E-state index is 14.4. The molecule has 0 unspecified atom stereocenters. The summed E-state index contributed by atoms with van der Waals surface area (Å²) in [6, 6.07) is 5.54. The van der Waals surface area contributed by atoms with Crippen LogP contribution in [0, 0.1) is 25.5 Å². The summed E-state index contributed by atoms with van der Waals surface area (Å²) in [5, 5.41) is 8.45. The Kier molecular flexibility index (Phi) is 5.24. The van der Waals surface area contributed by atoms with Gasteiger partial charge in [-0.3, -0.25) is 4.68 Å². The molecule has 8 nitrogen and oxygen atoms in total. The van der Waals surface area contributed by atoms with Gasteiger partial charge in [-0.25, -0.2) is 28.2 Å². The average Bonchev–Trinajstić information content (AvgIpc) is 3.30. The van der Waals surface area contributed by atoms with E-state index in [2.05, 4.69) is 25.1 Å². The van der Waals surface area contributed by atoms with E-state index in [1.54, 1.807) is 29.2 Å². The Hall–Kier alpha value is -3.92. The van der Waals surface area contributed by atoms with Gasteiger partial charge in [0.05, 0.1) is 16.2 Å². The van der Waals surface area contributed by atoms with Crippen LogP contribution in [0.15, 0.2) is 36.7 Å². The first-order chi connectivity index (χ1) is 16.3. The van der Waals surface area contributed by atoms with Crippen molar-refractivity contribution in [1.82, 2.24) is 34.3 Å². The van der Waals surface area contributed by atoms with E-state index in [-0.39, 0.29) is 28.6 Å². The molecule has 1 aromatic carbocycles. The second-order valence-corrected chi connectivity index (χ2v) is 8.24. The van der Waals surface area contributed by atoms with Crippen molar-refractivity contribution in [3.63, 3.8) is 0 Å². The van der Waals surface area contributed by atoms with E-state index in [1.165, 1.54) is 4.52 Å². The maximum atomic E-state index is 14.4. The van der Waals surface area contributed by atoms with Crippen LogP contribution in [0.2, 0.25) is 5.02 Å². The van der Waals surface area contributed by atoms with Crippen LogP contribution in [0.3, 0.4) is 0 Å². The first kappa shape index (κ1) is 21.9. The SMILES string of the molecule is Cc1nn(C)c(C)c1-c1cnc(-c2nc(Cc3c(F)ccc(F)c3Cl)n3ncccc23)nc1N. The molecule has 0 radical (unpaired) electrons. The molecular formula is C23H19ClF2N8. The van der Waals surface area contributed by atoms with Crippen molar-refractivity contribution >= 4 is 22.9 Å². The summed E-state index contributed by atoms with van der Waals surface area (Å²) in [4.78, 5) is 13.6. The third-order valence-corrected chi connectivity index (χ3v) is 6.17. The molecule has 4 heterocycles. The summed E-state index contributed by atoms with van der Waals surface area (Å²) in [6.07, 6.45) is 3.12. The van der Waals surface area contributed by atoms with Crippen molar-refractivity contribution in [2.75, 3.05) is 5.73 Å². The van der Waals surface area contributed by atoms with E-state index in [4.69, 9.17) is 17.3 Å². The molecule has 0 aliphatic rings. The van der Waals surface area contributed by atoms with E-state index in [9.17, 15) is 8.78 Å². The zero-order chi connectivity index (χ0) is 24.1. The highest BCUT2D eigenvalue weighted by molar-refractivity contribution is 6.31. The molecule has 0 fully saturated rings. The third kappa shape index (κ3) is 3.47. The standard InChI is InChI=1S/C23H19ClF2N8/c1-11-19(12(2)33(3)32-11)14-10-28-23(31-22(14)27)21-17-5-4-8-29-34(17)18(30-21)9-13-15(25)6-7-16(26)20(13)24/h4-8,10H,9H2,1-3H3,(H2,27,28,31). The van der Waals surface area contributed by atoms with Crippen molar-refractivity contribution in [1.29, 1.82) is 0 Å². The van der Waals surface area contributed by atoms with Crippen LogP contribution in [0.25, 0.3) is 28.2 Å². The van der Waals surface area contributed by atoms with Crippen LogP contribution in [-0.2, 0) is 13.5 Å². The number of rotatable bonds is 4. The predicted octanol–water partition coefficient (Wildman–Crippen LogP) is 4.31. The Morgan fingerprint density at radius 3 is 2.56 bits per heavy atom. The lowest BCUT2D eigenvalue weighted by Crippen LogP contribution is -2.02. The molecule has 0 amide bonds. The summed E-state index contributed by atoms with van der Waals surface area (Å²) < 4.78 is 31.7. The van der Waals surface area contributed by atoms with Crippen LogP contribution in [0.1, 0.15) is 22.8 Å². The number of nitrogen functional groups attached to an aromatic ring is 1. The fourth-order valence-corrected chi connectivity index (χ4v) is 4.24. The van der Waals surface area contributed by atoms with Crippen LogP contribution in [0.4, 0.5) is 14.6 Å². The van der Waals surface area contributed by atoms with Gasteiger partial charge >= 0.3 is 0 Å². The number of benzene rings is 1. The Morgan fingerprint density at radius 2 is 1.85 bits per heavy atom. The number of hydrogen-bond donors (Lipinski definition) is 1. The van der Waals surface area contributed by atoms with Gasteiger partial charge in [0.1, 0.15) is 29.0 Å². The molecule has 2 N–H and O–H groups in total. The summed E-state index contributed by atoms with van der Waals surface area (Å²) in [5.74, 6) is -0.437. The third-order valence-electron chi connectivity index (χ3n) is 5.76. The molecule has 0 saturated heterocycles. The summed E-state index contributed by atoms with van der Waals surface area (Å²) >= 11 is 6.03. The first-order valence-corrected chi connectivity index (χ1v) is 10.7. The quantitative estimate of drug-likeness (QED) is 0.385. The number of halogens is 3. The van der Waals surface area contributed by atoms with Crippen molar-refractivity contribution < 1.29 is 8.78 Å². The van der Waals surface area contributed by atoms with Gasteiger partial charge in [-0.05, 0) is 38.1 Å². The van der Waals surface area contributed by atoms with Gasteiger partial charge in [0.25, 0.3) is 0 Å². The molecule has 0 spiro atoms. The highest BCUT2D eigenvalue weighted by Gasteiger charge is 2.22.